The molecule has 0 radical (unpaired) electrons. The first-order valence-electron chi connectivity index (χ1n) is 10.5. The summed E-state index contributed by atoms with van der Waals surface area (Å²) in [5.74, 6) is 1.62. The monoisotopic (exact) mass is 485 g/mol. The first kappa shape index (κ1) is 23.1. The highest BCUT2D eigenvalue weighted by Crippen LogP contribution is 2.27. The molecule has 1 fully saturated rings. The lowest BCUT2D eigenvalue weighted by Crippen LogP contribution is -2.40. The normalized spacial score (nSPS) is 16.9. The van der Waals surface area contributed by atoms with Gasteiger partial charge in [0, 0.05) is 22.2 Å². The molecule has 6 nitrogen and oxygen atoms in total. The van der Waals surface area contributed by atoms with Crippen LogP contribution in [0.15, 0.2) is 77.7 Å². The maximum absolute atomic E-state index is 13.4. The fraction of sp³-hybridized carbons (Fsp3) is 0.240. The van der Waals surface area contributed by atoms with Crippen molar-refractivity contribution in [2.45, 2.75) is 19.0 Å². The zero-order valence-corrected chi connectivity index (χ0v) is 19.5. The molecule has 1 atom stereocenters. The lowest BCUT2D eigenvalue weighted by molar-refractivity contribution is 0.0666. The van der Waals surface area contributed by atoms with Gasteiger partial charge in [-0.15, -0.1) is 0 Å². The highest BCUT2D eigenvalue weighted by Gasteiger charge is 2.35. The second-order valence-corrected chi connectivity index (χ2v) is 10.6. The van der Waals surface area contributed by atoms with Crippen LogP contribution >= 0.6 is 11.6 Å². The van der Waals surface area contributed by atoms with Crippen LogP contribution in [0.3, 0.4) is 0 Å². The van der Waals surface area contributed by atoms with Gasteiger partial charge in [-0.2, -0.15) is 0 Å². The number of carbonyl (C=O) groups excluding carboxylic acids is 1. The lowest BCUT2D eigenvalue weighted by Gasteiger charge is -2.27. The Bertz CT molecular complexity index is 1230. The van der Waals surface area contributed by atoms with Crippen molar-refractivity contribution in [2.24, 2.45) is 0 Å². The Morgan fingerprint density at radius 1 is 1.12 bits per heavy atom. The molecule has 0 unspecified atom stereocenters. The third kappa shape index (κ3) is 5.67. The summed E-state index contributed by atoms with van der Waals surface area (Å²) in [6.07, 6.45) is 2.04. The molecule has 0 aliphatic carbocycles. The highest BCUT2D eigenvalue weighted by molar-refractivity contribution is 7.91. The van der Waals surface area contributed by atoms with Gasteiger partial charge in [-0.05, 0) is 67.1 Å². The molecule has 1 saturated heterocycles. The molecule has 0 N–H and O–H groups in total. The van der Waals surface area contributed by atoms with Gasteiger partial charge in [0.05, 0.1) is 18.1 Å². The molecule has 1 amide bonds. The van der Waals surface area contributed by atoms with E-state index in [1.807, 2.05) is 18.2 Å². The maximum Gasteiger partial charge on any atom is 0.254 e. The van der Waals surface area contributed by atoms with Gasteiger partial charge in [0.1, 0.15) is 23.9 Å². The molecule has 2 heterocycles. The number of sulfone groups is 1. The van der Waals surface area contributed by atoms with E-state index in [-0.39, 0.29) is 24.0 Å². The first-order valence-corrected chi connectivity index (χ1v) is 12.7. The summed E-state index contributed by atoms with van der Waals surface area (Å²) in [6.45, 7) is 4.15. The highest BCUT2D eigenvalue weighted by atomic mass is 35.5. The van der Waals surface area contributed by atoms with E-state index in [1.54, 1.807) is 53.4 Å². The Labute approximate surface area is 198 Å². The summed E-state index contributed by atoms with van der Waals surface area (Å²) in [5, 5.41) is 0.630. The number of carbonyl (C=O) groups is 1. The van der Waals surface area contributed by atoms with E-state index in [0.29, 0.717) is 40.9 Å². The number of hydrogen-bond acceptors (Lipinski definition) is 5. The van der Waals surface area contributed by atoms with Gasteiger partial charge >= 0.3 is 0 Å². The summed E-state index contributed by atoms with van der Waals surface area (Å²) < 4.78 is 35.7. The molecule has 1 aliphatic heterocycles. The minimum atomic E-state index is -3.17. The van der Waals surface area contributed by atoms with Crippen LogP contribution < -0.4 is 4.74 Å². The Morgan fingerprint density at radius 3 is 2.48 bits per heavy atom. The minimum Gasteiger partial charge on any atom is -0.490 e. The SMILES string of the molecule is C=CCOc1ccc(C(=O)N(Cc2ccc(-c3ccc(Cl)cc3)o2)[C@H]2CCS(=O)(=O)C2)cc1. The summed E-state index contributed by atoms with van der Waals surface area (Å²) >= 11 is 5.96. The average Bonchev–Trinajstić information content (AvgIpc) is 3.42. The smallest absolute Gasteiger partial charge is 0.254 e. The zero-order valence-electron chi connectivity index (χ0n) is 17.9. The summed E-state index contributed by atoms with van der Waals surface area (Å²) in [6, 6.07) is 17.3. The molecular weight excluding hydrogens is 462 g/mol. The van der Waals surface area contributed by atoms with Gasteiger partial charge in [0.2, 0.25) is 0 Å². The van der Waals surface area contributed by atoms with E-state index >= 15 is 0 Å². The molecule has 0 bridgehead atoms. The minimum absolute atomic E-state index is 0.0516. The van der Waals surface area contributed by atoms with Crippen molar-refractivity contribution in [1.29, 1.82) is 0 Å². The molecule has 8 heteroatoms. The van der Waals surface area contributed by atoms with Crippen molar-refractivity contribution in [3.63, 3.8) is 0 Å². The van der Waals surface area contributed by atoms with E-state index in [1.165, 1.54) is 0 Å². The van der Waals surface area contributed by atoms with Crippen molar-refractivity contribution in [3.8, 4) is 17.1 Å². The Morgan fingerprint density at radius 2 is 1.85 bits per heavy atom. The number of rotatable bonds is 8. The van der Waals surface area contributed by atoms with Crippen LogP contribution in [0.4, 0.5) is 0 Å². The fourth-order valence-corrected chi connectivity index (χ4v) is 5.66. The Kier molecular flexibility index (Phi) is 6.91. The van der Waals surface area contributed by atoms with Crippen LogP contribution in [0, 0.1) is 0 Å². The van der Waals surface area contributed by atoms with Gasteiger partial charge in [0.15, 0.2) is 9.84 Å². The summed E-state index contributed by atoms with van der Waals surface area (Å²) in [7, 11) is -3.17. The molecule has 4 rings (SSSR count). The van der Waals surface area contributed by atoms with E-state index < -0.39 is 15.9 Å². The van der Waals surface area contributed by atoms with Crippen LogP contribution in [-0.2, 0) is 16.4 Å². The van der Waals surface area contributed by atoms with Crippen LogP contribution in [-0.4, -0.2) is 43.4 Å². The molecule has 2 aromatic carbocycles. The molecule has 172 valence electrons. The van der Waals surface area contributed by atoms with E-state index in [0.717, 1.165) is 5.56 Å². The zero-order chi connectivity index (χ0) is 23.4. The summed E-state index contributed by atoms with van der Waals surface area (Å²) in [5.41, 5.74) is 1.32. The van der Waals surface area contributed by atoms with Crippen LogP contribution in [0.2, 0.25) is 5.02 Å². The number of halogens is 1. The summed E-state index contributed by atoms with van der Waals surface area (Å²) in [4.78, 5) is 15.0. The largest absolute Gasteiger partial charge is 0.490 e. The maximum atomic E-state index is 13.4. The average molecular weight is 486 g/mol. The van der Waals surface area contributed by atoms with Crippen LogP contribution in [0.1, 0.15) is 22.5 Å². The number of ether oxygens (including phenoxy) is 1. The molecule has 1 aromatic heterocycles. The van der Waals surface area contributed by atoms with E-state index in [4.69, 9.17) is 20.8 Å². The van der Waals surface area contributed by atoms with E-state index in [9.17, 15) is 13.2 Å². The van der Waals surface area contributed by atoms with Crippen molar-refractivity contribution in [1.82, 2.24) is 4.90 Å². The molecule has 0 spiro atoms. The number of benzene rings is 2. The number of nitrogens with zero attached hydrogens (tertiary/aromatic N) is 1. The molecule has 33 heavy (non-hydrogen) atoms. The molecule has 3 aromatic rings. The number of hydrogen-bond donors (Lipinski definition) is 0. The van der Waals surface area contributed by atoms with Crippen molar-refractivity contribution >= 4 is 27.3 Å². The van der Waals surface area contributed by atoms with Crippen molar-refractivity contribution in [2.75, 3.05) is 18.1 Å². The van der Waals surface area contributed by atoms with Crippen molar-refractivity contribution in [3.05, 3.63) is 89.7 Å². The molecule has 0 saturated carbocycles. The topological polar surface area (TPSA) is 76.8 Å². The number of amides is 1. The molecular formula is C25H24ClNO5S. The second-order valence-electron chi connectivity index (χ2n) is 7.89. The fourth-order valence-electron chi connectivity index (χ4n) is 3.80. The quantitative estimate of drug-likeness (QED) is 0.420. The first-order chi connectivity index (χ1) is 15.8. The van der Waals surface area contributed by atoms with Crippen LogP contribution in [0.5, 0.6) is 5.75 Å². The van der Waals surface area contributed by atoms with Gasteiger partial charge in [-0.25, -0.2) is 8.42 Å². The third-order valence-electron chi connectivity index (χ3n) is 5.50. The van der Waals surface area contributed by atoms with Gasteiger partial charge in [-0.3, -0.25) is 4.79 Å². The number of furan rings is 1. The van der Waals surface area contributed by atoms with Crippen LogP contribution in [0.25, 0.3) is 11.3 Å². The van der Waals surface area contributed by atoms with Gasteiger partial charge in [-0.1, -0.05) is 24.3 Å². The Balaban J connectivity index is 1.57. The van der Waals surface area contributed by atoms with Gasteiger partial charge in [0.25, 0.3) is 5.91 Å². The van der Waals surface area contributed by atoms with Crippen molar-refractivity contribution < 1.29 is 22.4 Å². The standard InChI is InChI=1S/C25H24ClNO5S/c1-2-14-31-22-9-5-19(6-10-22)25(28)27(21-13-15-33(29,30)17-21)16-23-11-12-24(32-23)18-3-7-20(26)8-4-18/h2-12,21H,1,13-17H2/t21-/m0/s1. The predicted molar refractivity (Wildman–Crippen MR) is 128 cm³/mol. The van der Waals surface area contributed by atoms with Gasteiger partial charge < -0.3 is 14.1 Å². The van der Waals surface area contributed by atoms with E-state index in [2.05, 4.69) is 6.58 Å². The molecule has 1 aliphatic rings. The lowest BCUT2D eigenvalue weighted by atomic mass is 10.1. The second kappa shape index (κ2) is 9.85. The predicted octanol–water partition coefficient (Wildman–Crippen LogP) is 4.99. The third-order valence-corrected chi connectivity index (χ3v) is 7.50. The Hall–Kier alpha value is -3.03.